The first-order valence-electron chi connectivity index (χ1n) is 9.87. The number of likely N-dealkylation sites (tertiary alicyclic amines) is 1. The predicted octanol–water partition coefficient (Wildman–Crippen LogP) is 4.25. The Morgan fingerprint density at radius 3 is 2.63 bits per heavy atom. The molecule has 1 fully saturated rings. The van der Waals surface area contributed by atoms with Crippen molar-refractivity contribution in [3.05, 3.63) is 59.4 Å². The minimum Gasteiger partial charge on any atom is -0.497 e. The van der Waals surface area contributed by atoms with Gasteiger partial charge in [-0.2, -0.15) is 4.98 Å². The highest BCUT2D eigenvalue weighted by atomic mass is 35.5. The first-order chi connectivity index (χ1) is 14.6. The quantitative estimate of drug-likeness (QED) is 0.634. The highest BCUT2D eigenvalue weighted by Crippen LogP contribution is 2.25. The Kier molecular flexibility index (Phi) is 6.30. The number of halogens is 1. The summed E-state index contributed by atoms with van der Waals surface area (Å²) in [5, 5.41) is 7.56. The largest absolute Gasteiger partial charge is 0.497 e. The summed E-state index contributed by atoms with van der Waals surface area (Å²) in [6.07, 6.45) is 1.55. The molecule has 1 saturated heterocycles. The van der Waals surface area contributed by atoms with Gasteiger partial charge in [0.25, 0.3) is 0 Å². The smallest absolute Gasteiger partial charge is 0.241 e. The average Bonchev–Trinajstić information content (AvgIpc) is 3.24. The van der Waals surface area contributed by atoms with Gasteiger partial charge in [0.1, 0.15) is 5.75 Å². The van der Waals surface area contributed by atoms with Gasteiger partial charge in [0.05, 0.1) is 24.4 Å². The van der Waals surface area contributed by atoms with E-state index in [1.165, 1.54) is 0 Å². The molecule has 0 radical (unpaired) electrons. The standard InChI is InChI=1S/C22H23ClN4O3/c1-29-17-8-6-15(7-9-17)21-25-20(30-26-21)14-27-12-10-16(11-13-27)22(28)24-19-5-3-2-4-18(19)23/h2-9,16H,10-14H2,1H3,(H,24,28). The van der Waals surface area contributed by atoms with Crippen molar-refractivity contribution in [3.63, 3.8) is 0 Å². The fourth-order valence-corrected chi connectivity index (χ4v) is 3.70. The van der Waals surface area contributed by atoms with Gasteiger partial charge in [-0.3, -0.25) is 9.69 Å². The van der Waals surface area contributed by atoms with Crippen LogP contribution in [0.15, 0.2) is 53.1 Å². The number of piperidine rings is 1. The number of ether oxygens (including phenoxy) is 1. The number of nitrogens with zero attached hydrogens (tertiary/aromatic N) is 3. The molecule has 4 rings (SSSR count). The summed E-state index contributed by atoms with van der Waals surface area (Å²) in [5.41, 5.74) is 1.53. The third-order valence-electron chi connectivity index (χ3n) is 5.27. The summed E-state index contributed by atoms with van der Waals surface area (Å²) in [6.45, 7) is 2.16. The zero-order chi connectivity index (χ0) is 20.9. The zero-order valence-corrected chi connectivity index (χ0v) is 17.4. The number of hydrogen-bond acceptors (Lipinski definition) is 6. The van der Waals surface area contributed by atoms with Gasteiger partial charge in [0.2, 0.25) is 17.6 Å². The van der Waals surface area contributed by atoms with Crippen LogP contribution in [-0.4, -0.2) is 41.1 Å². The molecular formula is C22H23ClN4O3. The SMILES string of the molecule is COc1ccc(-c2noc(CN3CCC(C(=O)Nc4ccccc4Cl)CC3)n2)cc1. The molecule has 2 aromatic carbocycles. The van der Waals surface area contributed by atoms with E-state index in [4.69, 9.17) is 20.9 Å². The molecule has 0 saturated carbocycles. The number of hydrogen-bond donors (Lipinski definition) is 1. The van der Waals surface area contributed by atoms with Crippen LogP contribution in [0.5, 0.6) is 5.75 Å². The van der Waals surface area contributed by atoms with Crippen molar-refractivity contribution in [1.82, 2.24) is 15.0 Å². The summed E-state index contributed by atoms with van der Waals surface area (Å²) >= 11 is 6.13. The van der Waals surface area contributed by atoms with Crippen molar-refractivity contribution in [1.29, 1.82) is 0 Å². The fraction of sp³-hybridized carbons (Fsp3) is 0.318. The molecule has 1 aliphatic rings. The second kappa shape index (κ2) is 9.28. The number of benzene rings is 2. The number of aromatic nitrogens is 2. The molecule has 1 aromatic heterocycles. The minimum atomic E-state index is -0.0323. The van der Waals surface area contributed by atoms with Gasteiger partial charge in [-0.25, -0.2) is 0 Å². The second-order valence-electron chi connectivity index (χ2n) is 7.26. The Bertz CT molecular complexity index is 998. The molecule has 1 aliphatic heterocycles. The van der Waals surface area contributed by atoms with Gasteiger partial charge in [0.15, 0.2) is 0 Å². The minimum absolute atomic E-state index is 0.0160. The lowest BCUT2D eigenvalue weighted by molar-refractivity contribution is -0.121. The highest BCUT2D eigenvalue weighted by Gasteiger charge is 2.26. The van der Waals surface area contributed by atoms with Crippen LogP contribution in [0.3, 0.4) is 0 Å². The first-order valence-corrected chi connectivity index (χ1v) is 10.2. The maximum atomic E-state index is 12.6. The topological polar surface area (TPSA) is 80.5 Å². The Balaban J connectivity index is 1.29. The van der Waals surface area contributed by atoms with E-state index in [1.807, 2.05) is 42.5 Å². The highest BCUT2D eigenvalue weighted by molar-refractivity contribution is 6.33. The molecule has 0 bridgehead atoms. The van der Waals surface area contributed by atoms with Gasteiger partial charge < -0.3 is 14.6 Å². The van der Waals surface area contributed by atoms with Crippen LogP contribution in [0.4, 0.5) is 5.69 Å². The molecule has 156 valence electrons. The number of nitrogens with one attached hydrogen (secondary N) is 1. The van der Waals surface area contributed by atoms with Gasteiger partial charge in [-0.15, -0.1) is 0 Å². The summed E-state index contributed by atoms with van der Waals surface area (Å²) < 4.78 is 10.6. The van der Waals surface area contributed by atoms with Crippen LogP contribution in [0.25, 0.3) is 11.4 Å². The molecule has 8 heteroatoms. The van der Waals surface area contributed by atoms with Crippen LogP contribution >= 0.6 is 11.6 Å². The lowest BCUT2D eigenvalue weighted by Gasteiger charge is -2.30. The normalized spacial score (nSPS) is 15.1. The molecule has 3 aromatic rings. The first kappa shape index (κ1) is 20.4. The van der Waals surface area contributed by atoms with Crippen molar-refractivity contribution in [2.24, 2.45) is 5.92 Å². The van der Waals surface area contributed by atoms with Crippen molar-refractivity contribution >= 4 is 23.2 Å². The van der Waals surface area contributed by atoms with Crippen LogP contribution in [-0.2, 0) is 11.3 Å². The maximum absolute atomic E-state index is 12.6. The summed E-state index contributed by atoms with van der Waals surface area (Å²) in [7, 11) is 1.63. The molecule has 30 heavy (non-hydrogen) atoms. The van der Waals surface area contributed by atoms with E-state index in [0.29, 0.717) is 29.0 Å². The third-order valence-corrected chi connectivity index (χ3v) is 5.59. The summed E-state index contributed by atoms with van der Waals surface area (Å²) in [4.78, 5) is 19.3. The number of rotatable bonds is 6. The Labute approximate surface area is 180 Å². The molecule has 1 N–H and O–H groups in total. The lowest BCUT2D eigenvalue weighted by atomic mass is 9.96. The molecule has 0 spiro atoms. The summed E-state index contributed by atoms with van der Waals surface area (Å²) in [5.74, 6) is 1.89. The van der Waals surface area contributed by atoms with Gasteiger partial charge >= 0.3 is 0 Å². The molecular weight excluding hydrogens is 404 g/mol. The molecule has 1 amide bonds. The number of carbonyl (C=O) groups is 1. The van der Waals surface area contributed by atoms with Crippen LogP contribution in [0.1, 0.15) is 18.7 Å². The Hall–Kier alpha value is -2.90. The third kappa shape index (κ3) is 4.80. The van der Waals surface area contributed by atoms with E-state index in [2.05, 4.69) is 20.4 Å². The number of methoxy groups -OCH3 is 1. The van der Waals surface area contributed by atoms with E-state index in [-0.39, 0.29) is 11.8 Å². The zero-order valence-electron chi connectivity index (χ0n) is 16.7. The van der Waals surface area contributed by atoms with E-state index in [0.717, 1.165) is 37.2 Å². The average molecular weight is 427 g/mol. The van der Waals surface area contributed by atoms with Gasteiger partial charge in [-0.05, 0) is 62.3 Å². The fourth-order valence-electron chi connectivity index (χ4n) is 3.52. The lowest BCUT2D eigenvalue weighted by Crippen LogP contribution is -2.37. The molecule has 7 nitrogen and oxygen atoms in total. The van der Waals surface area contributed by atoms with E-state index >= 15 is 0 Å². The number of para-hydroxylation sites is 1. The Morgan fingerprint density at radius 2 is 1.93 bits per heavy atom. The Morgan fingerprint density at radius 1 is 1.20 bits per heavy atom. The molecule has 0 unspecified atom stereocenters. The van der Waals surface area contributed by atoms with Crippen LogP contribution in [0, 0.1) is 5.92 Å². The van der Waals surface area contributed by atoms with Crippen molar-refractivity contribution < 1.29 is 14.1 Å². The van der Waals surface area contributed by atoms with Gasteiger partial charge in [-0.1, -0.05) is 28.9 Å². The van der Waals surface area contributed by atoms with E-state index in [1.54, 1.807) is 13.2 Å². The monoisotopic (exact) mass is 426 g/mol. The van der Waals surface area contributed by atoms with Crippen molar-refractivity contribution in [3.8, 4) is 17.1 Å². The number of anilines is 1. The van der Waals surface area contributed by atoms with Crippen LogP contribution in [0.2, 0.25) is 5.02 Å². The van der Waals surface area contributed by atoms with Crippen LogP contribution < -0.4 is 10.1 Å². The van der Waals surface area contributed by atoms with Gasteiger partial charge in [0, 0.05) is 11.5 Å². The molecule has 0 aliphatic carbocycles. The predicted molar refractivity (Wildman–Crippen MR) is 114 cm³/mol. The summed E-state index contributed by atoms with van der Waals surface area (Å²) in [6, 6.07) is 14.8. The van der Waals surface area contributed by atoms with Crippen molar-refractivity contribution in [2.75, 3.05) is 25.5 Å². The number of carbonyl (C=O) groups excluding carboxylic acids is 1. The van der Waals surface area contributed by atoms with Crippen molar-refractivity contribution in [2.45, 2.75) is 19.4 Å². The number of amides is 1. The second-order valence-corrected chi connectivity index (χ2v) is 7.67. The maximum Gasteiger partial charge on any atom is 0.241 e. The molecule has 2 heterocycles. The van der Waals surface area contributed by atoms with E-state index in [9.17, 15) is 4.79 Å². The van der Waals surface area contributed by atoms with E-state index < -0.39 is 0 Å². The molecule has 0 atom stereocenters.